The maximum Gasteiger partial charge on any atom is 0.422 e. The van der Waals surface area contributed by atoms with Crippen molar-refractivity contribution in [2.75, 3.05) is 11.9 Å². The lowest BCUT2D eigenvalue weighted by Gasteiger charge is -2.10. The number of carbonyl (C=O) groups excluding carboxylic acids is 1. The van der Waals surface area contributed by atoms with Gasteiger partial charge in [-0.15, -0.1) is 0 Å². The number of rotatable bonds is 5. The van der Waals surface area contributed by atoms with E-state index in [1.807, 2.05) is 6.07 Å². The van der Waals surface area contributed by atoms with E-state index in [0.717, 1.165) is 5.39 Å². The lowest BCUT2D eigenvalue weighted by Crippen LogP contribution is -2.19. The van der Waals surface area contributed by atoms with Crippen LogP contribution in [-0.2, 0) is 11.2 Å². The Morgan fingerprint density at radius 1 is 1.12 bits per heavy atom. The van der Waals surface area contributed by atoms with E-state index in [2.05, 4.69) is 15.2 Å². The standard InChI is InChI=1S/C17H13F3N2O3/c18-17(19,20)10-24-12-7-5-11(6-8-12)21-16(23)9-14-13-3-1-2-4-15(13)25-22-14/h1-8H,9-10H2,(H,21,23). The van der Waals surface area contributed by atoms with Gasteiger partial charge in [0.15, 0.2) is 12.2 Å². The van der Waals surface area contributed by atoms with Crippen molar-refractivity contribution in [3.8, 4) is 5.75 Å². The lowest BCUT2D eigenvalue weighted by atomic mass is 10.1. The predicted octanol–water partition coefficient (Wildman–Crippen LogP) is 3.95. The van der Waals surface area contributed by atoms with Crippen LogP contribution in [0.2, 0.25) is 0 Å². The number of hydrogen-bond acceptors (Lipinski definition) is 4. The highest BCUT2D eigenvalue weighted by Crippen LogP contribution is 2.21. The maximum absolute atomic E-state index is 12.1. The topological polar surface area (TPSA) is 64.4 Å². The number of nitrogens with zero attached hydrogens (tertiary/aromatic N) is 1. The molecule has 0 saturated carbocycles. The third kappa shape index (κ3) is 4.50. The van der Waals surface area contributed by atoms with Gasteiger partial charge in [-0.2, -0.15) is 13.2 Å². The highest BCUT2D eigenvalue weighted by Gasteiger charge is 2.28. The van der Waals surface area contributed by atoms with Gasteiger partial charge in [-0.1, -0.05) is 17.3 Å². The number of ether oxygens (including phenoxy) is 1. The number of alkyl halides is 3. The molecule has 0 aliphatic rings. The number of anilines is 1. The summed E-state index contributed by atoms with van der Waals surface area (Å²) in [5.41, 5.74) is 1.55. The minimum absolute atomic E-state index is 0.0172. The first-order chi connectivity index (χ1) is 11.9. The van der Waals surface area contributed by atoms with E-state index in [4.69, 9.17) is 4.52 Å². The summed E-state index contributed by atoms with van der Waals surface area (Å²) in [5, 5.41) is 7.28. The van der Waals surface area contributed by atoms with Crippen molar-refractivity contribution in [1.29, 1.82) is 0 Å². The van der Waals surface area contributed by atoms with Crippen LogP contribution in [0.1, 0.15) is 5.69 Å². The smallest absolute Gasteiger partial charge is 0.422 e. The van der Waals surface area contributed by atoms with Gasteiger partial charge in [-0.3, -0.25) is 4.79 Å². The molecule has 3 rings (SSSR count). The third-order valence-corrected chi connectivity index (χ3v) is 3.32. The summed E-state index contributed by atoms with van der Waals surface area (Å²) in [5.74, 6) is -0.249. The Hall–Kier alpha value is -3.03. The molecule has 1 N–H and O–H groups in total. The predicted molar refractivity (Wildman–Crippen MR) is 84.3 cm³/mol. The number of fused-ring (bicyclic) bond motifs is 1. The quantitative estimate of drug-likeness (QED) is 0.757. The number of nitrogens with one attached hydrogen (secondary N) is 1. The Bertz CT molecular complexity index is 873. The normalized spacial score (nSPS) is 11.5. The number of benzene rings is 2. The van der Waals surface area contributed by atoms with Gasteiger partial charge in [0.25, 0.3) is 0 Å². The van der Waals surface area contributed by atoms with Crippen molar-refractivity contribution in [1.82, 2.24) is 5.16 Å². The Balaban J connectivity index is 1.59. The molecule has 0 fully saturated rings. The monoisotopic (exact) mass is 350 g/mol. The zero-order valence-corrected chi connectivity index (χ0v) is 12.8. The summed E-state index contributed by atoms with van der Waals surface area (Å²) in [7, 11) is 0. The van der Waals surface area contributed by atoms with Crippen molar-refractivity contribution in [2.24, 2.45) is 0 Å². The van der Waals surface area contributed by atoms with E-state index >= 15 is 0 Å². The van der Waals surface area contributed by atoms with Crippen LogP contribution in [0.3, 0.4) is 0 Å². The molecule has 130 valence electrons. The summed E-state index contributed by atoms with van der Waals surface area (Å²) >= 11 is 0. The van der Waals surface area contributed by atoms with Crippen molar-refractivity contribution in [3.63, 3.8) is 0 Å². The Labute approximate surface area is 140 Å². The van der Waals surface area contributed by atoms with Crippen LogP contribution >= 0.6 is 0 Å². The molecule has 1 aromatic heterocycles. The molecule has 25 heavy (non-hydrogen) atoms. The van der Waals surface area contributed by atoms with Crippen molar-refractivity contribution < 1.29 is 27.2 Å². The fourth-order valence-corrected chi connectivity index (χ4v) is 2.22. The molecular weight excluding hydrogens is 337 g/mol. The summed E-state index contributed by atoms with van der Waals surface area (Å²) in [4.78, 5) is 12.1. The molecule has 5 nitrogen and oxygen atoms in total. The molecule has 2 aromatic carbocycles. The molecule has 0 saturated heterocycles. The minimum atomic E-state index is -4.40. The van der Waals surface area contributed by atoms with E-state index < -0.39 is 12.8 Å². The highest BCUT2D eigenvalue weighted by molar-refractivity contribution is 5.94. The van der Waals surface area contributed by atoms with Gasteiger partial charge in [0, 0.05) is 11.1 Å². The summed E-state index contributed by atoms with van der Waals surface area (Å²) in [6.07, 6.45) is -4.38. The zero-order chi connectivity index (χ0) is 17.9. The Kier molecular flexibility index (Phi) is 4.60. The van der Waals surface area contributed by atoms with Gasteiger partial charge >= 0.3 is 6.18 Å². The number of para-hydroxylation sites is 1. The van der Waals surface area contributed by atoms with Gasteiger partial charge in [-0.25, -0.2) is 0 Å². The van der Waals surface area contributed by atoms with Crippen LogP contribution in [0.15, 0.2) is 53.1 Å². The minimum Gasteiger partial charge on any atom is -0.484 e. The summed E-state index contributed by atoms with van der Waals surface area (Å²) in [6, 6.07) is 12.8. The van der Waals surface area contributed by atoms with Crippen LogP contribution in [0.4, 0.5) is 18.9 Å². The Morgan fingerprint density at radius 3 is 2.56 bits per heavy atom. The summed E-state index contributed by atoms with van der Waals surface area (Å²) in [6.45, 7) is -1.36. The van der Waals surface area contributed by atoms with Gasteiger partial charge in [0.05, 0.1) is 6.42 Å². The summed E-state index contributed by atoms with van der Waals surface area (Å²) < 4.78 is 46.0. The van der Waals surface area contributed by atoms with E-state index in [9.17, 15) is 18.0 Å². The second-order valence-electron chi connectivity index (χ2n) is 5.28. The number of amides is 1. The molecule has 3 aromatic rings. The Morgan fingerprint density at radius 2 is 1.84 bits per heavy atom. The molecule has 8 heteroatoms. The van der Waals surface area contributed by atoms with Crippen molar-refractivity contribution in [3.05, 3.63) is 54.2 Å². The first-order valence-electron chi connectivity index (χ1n) is 7.33. The largest absolute Gasteiger partial charge is 0.484 e. The first-order valence-corrected chi connectivity index (χ1v) is 7.33. The zero-order valence-electron chi connectivity index (χ0n) is 12.8. The van der Waals surface area contributed by atoms with Crippen LogP contribution in [-0.4, -0.2) is 23.8 Å². The molecule has 0 aliphatic heterocycles. The molecule has 0 bridgehead atoms. The fourth-order valence-electron chi connectivity index (χ4n) is 2.22. The van der Waals surface area contributed by atoms with Gasteiger partial charge in [0.2, 0.25) is 5.91 Å². The van der Waals surface area contributed by atoms with Crippen LogP contribution in [0, 0.1) is 0 Å². The number of hydrogen-bond donors (Lipinski definition) is 1. The number of aromatic nitrogens is 1. The van der Waals surface area contributed by atoms with Crippen LogP contribution in [0.25, 0.3) is 11.0 Å². The second kappa shape index (κ2) is 6.84. The first kappa shape index (κ1) is 16.8. The van der Waals surface area contributed by atoms with Gasteiger partial charge in [0.1, 0.15) is 11.4 Å². The molecular formula is C17H13F3N2O3. The molecule has 0 spiro atoms. The highest BCUT2D eigenvalue weighted by atomic mass is 19.4. The molecule has 0 unspecified atom stereocenters. The van der Waals surface area contributed by atoms with E-state index in [1.165, 1.54) is 24.3 Å². The van der Waals surface area contributed by atoms with Crippen molar-refractivity contribution in [2.45, 2.75) is 12.6 Å². The molecule has 0 aliphatic carbocycles. The van der Waals surface area contributed by atoms with Gasteiger partial charge in [-0.05, 0) is 36.4 Å². The lowest BCUT2D eigenvalue weighted by molar-refractivity contribution is -0.153. The average Bonchev–Trinajstić information content (AvgIpc) is 2.97. The van der Waals surface area contributed by atoms with Crippen LogP contribution < -0.4 is 10.1 Å². The van der Waals surface area contributed by atoms with Gasteiger partial charge < -0.3 is 14.6 Å². The second-order valence-corrected chi connectivity index (χ2v) is 5.28. The van der Waals surface area contributed by atoms with E-state index in [0.29, 0.717) is 17.0 Å². The molecule has 1 amide bonds. The van der Waals surface area contributed by atoms with E-state index in [-0.39, 0.29) is 18.1 Å². The molecule has 0 radical (unpaired) electrons. The third-order valence-electron chi connectivity index (χ3n) is 3.32. The van der Waals surface area contributed by atoms with E-state index in [1.54, 1.807) is 18.2 Å². The fraction of sp³-hybridized carbons (Fsp3) is 0.176. The number of carbonyl (C=O) groups is 1. The SMILES string of the molecule is O=C(Cc1noc2ccccc12)Nc1ccc(OCC(F)(F)F)cc1. The maximum atomic E-state index is 12.1. The number of halogens is 3. The van der Waals surface area contributed by atoms with Crippen molar-refractivity contribution >= 4 is 22.6 Å². The molecule has 1 heterocycles. The molecule has 0 atom stereocenters. The average molecular weight is 350 g/mol. The van der Waals surface area contributed by atoms with Crippen LogP contribution in [0.5, 0.6) is 5.75 Å².